The third kappa shape index (κ3) is 3.71. The highest BCUT2D eigenvalue weighted by molar-refractivity contribution is 6.35. The van der Waals surface area contributed by atoms with Crippen molar-refractivity contribution in [3.63, 3.8) is 0 Å². The third-order valence-corrected chi connectivity index (χ3v) is 4.73. The summed E-state index contributed by atoms with van der Waals surface area (Å²) in [6.07, 6.45) is 0.158. The Kier molecular flexibility index (Phi) is 5.25. The molecule has 0 spiro atoms. The number of amides is 1. The molecule has 2 atom stereocenters. The van der Waals surface area contributed by atoms with E-state index in [9.17, 15) is 14.7 Å². The van der Waals surface area contributed by atoms with Crippen LogP contribution in [0.3, 0.4) is 0 Å². The van der Waals surface area contributed by atoms with E-state index in [0.29, 0.717) is 32.6 Å². The van der Waals surface area contributed by atoms with Crippen LogP contribution in [0, 0.1) is 0 Å². The molecule has 0 aliphatic carbocycles. The number of aliphatic carboxylic acids is 1. The first-order chi connectivity index (χ1) is 12.4. The van der Waals surface area contributed by atoms with E-state index >= 15 is 0 Å². The quantitative estimate of drug-likeness (QED) is 0.734. The number of anilines is 1. The Morgan fingerprint density at radius 2 is 1.92 bits per heavy atom. The monoisotopic (exact) mass is 394 g/mol. The van der Waals surface area contributed by atoms with E-state index in [1.165, 1.54) is 0 Å². The number of methoxy groups -OCH3 is 1. The summed E-state index contributed by atoms with van der Waals surface area (Å²) in [4.78, 5) is 24.0. The van der Waals surface area contributed by atoms with Crippen molar-refractivity contribution in [3.8, 4) is 5.75 Å². The first kappa shape index (κ1) is 18.4. The number of hydrogen-bond acceptors (Lipinski definition) is 4. The summed E-state index contributed by atoms with van der Waals surface area (Å²) in [7, 11) is 1.54. The Morgan fingerprint density at radius 3 is 2.54 bits per heavy atom. The van der Waals surface area contributed by atoms with E-state index in [1.54, 1.807) is 43.5 Å². The minimum atomic E-state index is -1.02. The molecule has 0 fully saturated rings. The minimum Gasteiger partial charge on any atom is -0.497 e. The van der Waals surface area contributed by atoms with Gasteiger partial charge in [-0.1, -0.05) is 23.2 Å². The van der Waals surface area contributed by atoms with Crippen LogP contribution in [-0.4, -0.2) is 30.1 Å². The van der Waals surface area contributed by atoms with Crippen LogP contribution in [0.15, 0.2) is 36.4 Å². The topological polar surface area (TPSA) is 87.7 Å². The van der Waals surface area contributed by atoms with E-state index in [4.69, 9.17) is 27.9 Å². The van der Waals surface area contributed by atoms with Crippen molar-refractivity contribution in [2.75, 3.05) is 12.4 Å². The van der Waals surface area contributed by atoms with Gasteiger partial charge in [0.05, 0.1) is 13.2 Å². The Hall–Kier alpha value is -2.44. The van der Waals surface area contributed by atoms with Crippen molar-refractivity contribution in [1.82, 2.24) is 5.32 Å². The van der Waals surface area contributed by atoms with Gasteiger partial charge in [-0.3, -0.25) is 4.79 Å². The van der Waals surface area contributed by atoms with Crippen LogP contribution >= 0.6 is 23.2 Å². The fourth-order valence-electron chi connectivity index (χ4n) is 2.94. The van der Waals surface area contributed by atoms with Gasteiger partial charge in [0.2, 0.25) is 0 Å². The van der Waals surface area contributed by atoms with E-state index in [-0.39, 0.29) is 12.3 Å². The molecular weight excluding hydrogens is 379 g/mol. The lowest BCUT2D eigenvalue weighted by molar-refractivity contribution is -0.138. The van der Waals surface area contributed by atoms with Gasteiger partial charge in [-0.05, 0) is 36.4 Å². The van der Waals surface area contributed by atoms with E-state index in [2.05, 4.69) is 10.6 Å². The number of ether oxygens (including phenoxy) is 1. The summed E-state index contributed by atoms with van der Waals surface area (Å²) in [6, 6.07) is 8.37. The van der Waals surface area contributed by atoms with Gasteiger partial charge < -0.3 is 20.5 Å². The number of halogens is 2. The predicted octanol–water partition coefficient (Wildman–Crippen LogP) is 3.74. The molecule has 136 valence electrons. The Balaban J connectivity index is 1.90. The third-order valence-electron chi connectivity index (χ3n) is 4.20. The van der Waals surface area contributed by atoms with Gasteiger partial charge in [-0.2, -0.15) is 0 Å². The molecule has 0 bridgehead atoms. The Labute approximate surface area is 160 Å². The van der Waals surface area contributed by atoms with E-state index in [0.717, 1.165) is 0 Å². The summed E-state index contributed by atoms with van der Waals surface area (Å²) in [5.74, 6) is -0.714. The van der Waals surface area contributed by atoms with E-state index < -0.39 is 18.1 Å². The van der Waals surface area contributed by atoms with Crippen LogP contribution in [0.1, 0.15) is 28.4 Å². The maximum atomic E-state index is 12.6. The zero-order valence-corrected chi connectivity index (χ0v) is 15.3. The van der Waals surface area contributed by atoms with Crippen molar-refractivity contribution in [2.24, 2.45) is 0 Å². The number of carbonyl (C=O) groups excluding carboxylic acids is 1. The molecule has 1 heterocycles. The normalized spacial score (nSPS) is 18.4. The Bertz CT molecular complexity index is 855. The van der Waals surface area contributed by atoms with Crippen molar-refractivity contribution in [2.45, 2.75) is 18.5 Å². The fourth-order valence-corrected chi connectivity index (χ4v) is 3.56. The van der Waals surface area contributed by atoms with Crippen molar-refractivity contribution < 1.29 is 19.4 Å². The van der Waals surface area contributed by atoms with Gasteiger partial charge in [-0.25, -0.2) is 4.79 Å². The molecule has 0 aromatic heterocycles. The highest BCUT2D eigenvalue weighted by Crippen LogP contribution is 2.40. The summed E-state index contributed by atoms with van der Waals surface area (Å²) >= 11 is 12.3. The zero-order valence-electron chi connectivity index (χ0n) is 13.8. The lowest BCUT2D eigenvalue weighted by atomic mass is 9.92. The minimum absolute atomic E-state index is 0.158. The SMILES string of the molecule is COc1ccc(C(=O)N[C@@H]2C[C@@H](C(=O)O)Nc3cc(Cl)cc(Cl)c32)cc1. The maximum absolute atomic E-state index is 12.6. The largest absolute Gasteiger partial charge is 0.497 e. The molecule has 2 aromatic rings. The number of rotatable bonds is 4. The zero-order chi connectivity index (χ0) is 18.8. The molecule has 0 radical (unpaired) electrons. The predicted molar refractivity (Wildman–Crippen MR) is 99.3 cm³/mol. The summed E-state index contributed by atoms with van der Waals surface area (Å²) in [5.41, 5.74) is 1.56. The van der Waals surface area contributed by atoms with Crippen LogP contribution < -0.4 is 15.4 Å². The van der Waals surface area contributed by atoms with Crippen LogP contribution in [0.5, 0.6) is 5.75 Å². The highest BCUT2D eigenvalue weighted by Gasteiger charge is 2.33. The Morgan fingerprint density at radius 1 is 1.23 bits per heavy atom. The highest BCUT2D eigenvalue weighted by atomic mass is 35.5. The molecular formula is C18H16Cl2N2O4. The molecule has 1 aliphatic heterocycles. The molecule has 2 aromatic carbocycles. The molecule has 0 unspecified atom stereocenters. The first-order valence-corrected chi connectivity index (χ1v) is 8.58. The molecule has 3 rings (SSSR count). The van der Waals surface area contributed by atoms with E-state index in [1.807, 2.05) is 0 Å². The second kappa shape index (κ2) is 7.43. The summed E-state index contributed by atoms with van der Waals surface area (Å²) < 4.78 is 5.08. The maximum Gasteiger partial charge on any atom is 0.326 e. The molecule has 1 amide bonds. The molecule has 6 nitrogen and oxygen atoms in total. The first-order valence-electron chi connectivity index (χ1n) is 7.82. The van der Waals surface area contributed by atoms with Crippen molar-refractivity contribution in [1.29, 1.82) is 0 Å². The smallest absolute Gasteiger partial charge is 0.326 e. The number of fused-ring (bicyclic) bond motifs is 1. The van der Waals surface area contributed by atoms with Gasteiger partial charge in [-0.15, -0.1) is 0 Å². The summed E-state index contributed by atoms with van der Waals surface area (Å²) in [5, 5.41) is 15.9. The van der Waals surface area contributed by atoms with Crippen LogP contribution in [0.2, 0.25) is 10.0 Å². The second-order valence-corrected chi connectivity index (χ2v) is 6.72. The molecule has 8 heteroatoms. The van der Waals surface area contributed by atoms with Gasteiger partial charge in [0.25, 0.3) is 5.91 Å². The molecule has 0 saturated heterocycles. The number of benzene rings is 2. The summed E-state index contributed by atoms with van der Waals surface area (Å²) in [6.45, 7) is 0. The van der Waals surface area contributed by atoms with Crippen LogP contribution in [0.4, 0.5) is 5.69 Å². The van der Waals surface area contributed by atoms with Crippen molar-refractivity contribution in [3.05, 3.63) is 57.6 Å². The lowest BCUT2D eigenvalue weighted by Gasteiger charge is -2.32. The lowest BCUT2D eigenvalue weighted by Crippen LogP contribution is -2.41. The van der Waals surface area contributed by atoms with Gasteiger partial charge >= 0.3 is 5.97 Å². The molecule has 0 saturated carbocycles. The van der Waals surface area contributed by atoms with Gasteiger partial charge in [0.15, 0.2) is 0 Å². The van der Waals surface area contributed by atoms with Crippen molar-refractivity contribution >= 4 is 40.8 Å². The number of hydrogen-bond donors (Lipinski definition) is 3. The molecule has 3 N–H and O–H groups in total. The number of nitrogens with one attached hydrogen (secondary N) is 2. The van der Waals surface area contributed by atoms with Gasteiger partial charge in [0.1, 0.15) is 11.8 Å². The van der Waals surface area contributed by atoms with Crippen LogP contribution in [-0.2, 0) is 4.79 Å². The second-order valence-electron chi connectivity index (χ2n) is 5.87. The number of carboxylic acid groups (broad SMARTS) is 1. The number of carbonyl (C=O) groups is 2. The average molecular weight is 395 g/mol. The van der Waals surface area contributed by atoms with Crippen LogP contribution in [0.25, 0.3) is 0 Å². The number of carboxylic acids is 1. The van der Waals surface area contributed by atoms with Gasteiger partial charge in [0, 0.05) is 33.3 Å². The molecule has 26 heavy (non-hydrogen) atoms. The molecule has 1 aliphatic rings. The average Bonchev–Trinajstić information content (AvgIpc) is 2.60. The standard InChI is InChI=1S/C18H16Cl2N2O4/c1-26-11-4-2-9(3-5-11)17(23)22-14-8-15(18(24)25)21-13-7-10(19)6-12(20)16(13)14/h2-7,14-15,21H,8H2,1H3,(H,22,23)(H,24,25)/t14-,15+/m1/s1. The fraction of sp³-hybridized carbons (Fsp3) is 0.222.